The van der Waals surface area contributed by atoms with Gasteiger partial charge < -0.3 is 10.2 Å². The molecule has 0 spiro atoms. The highest BCUT2D eigenvalue weighted by Crippen LogP contribution is 2.23. The summed E-state index contributed by atoms with van der Waals surface area (Å²) in [5.41, 5.74) is 0. The Bertz CT molecular complexity index is 153. The number of nitrogens with zero attached hydrogens (tertiary/aromatic N) is 1. The normalized spacial score (nSPS) is 19.2. The van der Waals surface area contributed by atoms with Crippen molar-refractivity contribution in [3.63, 3.8) is 0 Å². The number of hydrogen-bond donors (Lipinski definition) is 1. The van der Waals surface area contributed by atoms with Crippen LogP contribution in [0, 0.1) is 0 Å². The third-order valence-corrected chi connectivity index (χ3v) is 3.75. The van der Waals surface area contributed by atoms with Gasteiger partial charge in [-0.05, 0) is 52.2 Å². The molecule has 1 aliphatic rings. The molecule has 0 bridgehead atoms. The van der Waals surface area contributed by atoms with Crippen LogP contribution in [-0.4, -0.2) is 37.1 Å². The molecule has 1 rings (SSSR count). The van der Waals surface area contributed by atoms with E-state index >= 15 is 0 Å². The number of hydrogen-bond acceptors (Lipinski definition) is 2. The van der Waals surface area contributed by atoms with Gasteiger partial charge in [-0.25, -0.2) is 0 Å². The molecule has 0 saturated heterocycles. The van der Waals surface area contributed by atoms with Crippen molar-refractivity contribution >= 4 is 0 Å². The monoisotopic (exact) mass is 212 g/mol. The summed E-state index contributed by atoms with van der Waals surface area (Å²) in [4.78, 5) is 2.56. The summed E-state index contributed by atoms with van der Waals surface area (Å²) in [6.45, 7) is 6.87. The second-order valence-corrected chi connectivity index (χ2v) is 4.87. The summed E-state index contributed by atoms with van der Waals surface area (Å²) in [5.74, 6) is 0. The van der Waals surface area contributed by atoms with Crippen LogP contribution >= 0.6 is 0 Å². The van der Waals surface area contributed by atoms with E-state index in [0.717, 1.165) is 18.6 Å². The first-order valence-electron chi connectivity index (χ1n) is 6.71. The van der Waals surface area contributed by atoms with Crippen LogP contribution in [0.4, 0.5) is 0 Å². The second kappa shape index (κ2) is 7.24. The van der Waals surface area contributed by atoms with Crippen molar-refractivity contribution in [1.29, 1.82) is 0 Å². The van der Waals surface area contributed by atoms with Crippen LogP contribution < -0.4 is 5.32 Å². The van der Waals surface area contributed by atoms with Gasteiger partial charge in [0.2, 0.25) is 0 Å². The highest BCUT2D eigenvalue weighted by Gasteiger charge is 2.21. The minimum atomic E-state index is 0.741. The van der Waals surface area contributed by atoms with Crippen molar-refractivity contribution in [2.75, 3.05) is 20.1 Å². The van der Waals surface area contributed by atoms with Crippen molar-refractivity contribution in [2.45, 2.75) is 64.5 Å². The van der Waals surface area contributed by atoms with E-state index in [1.807, 2.05) is 0 Å². The third kappa shape index (κ3) is 4.52. The molecule has 1 aliphatic carbocycles. The molecule has 1 atom stereocenters. The highest BCUT2D eigenvalue weighted by atomic mass is 15.1. The molecule has 0 amide bonds. The van der Waals surface area contributed by atoms with Gasteiger partial charge in [0.05, 0.1) is 0 Å². The topological polar surface area (TPSA) is 15.3 Å². The molecule has 1 N–H and O–H groups in total. The molecule has 1 fully saturated rings. The van der Waals surface area contributed by atoms with Gasteiger partial charge in [0.1, 0.15) is 0 Å². The third-order valence-electron chi connectivity index (χ3n) is 3.75. The molecular weight excluding hydrogens is 184 g/mol. The van der Waals surface area contributed by atoms with Crippen molar-refractivity contribution in [2.24, 2.45) is 0 Å². The molecule has 0 aromatic carbocycles. The molecule has 0 heterocycles. The van der Waals surface area contributed by atoms with Crippen molar-refractivity contribution in [1.82, 2.24) is 10.2 Å². The quantitative estimate of drug-likeness (QED) is 0.665. The summed E-state index contributed by atoms with van der Waals surface area (Å²) in [7, 11) is 2.29. The Balaban J connectivity index is 2.02. The predicted molar refractivity (Wildman–Crippen MR) is 67.3 cm³/mol. The van der Waals surface area contributed by atoms with Gasteiger partial charge in [-0.1, -0.05) is 20.3 Å². The van der Waals surface area contributed by atoms with Crippen molar-refractivity contribution in [3.8, 4) is 0 Å². The van der Waals surface area contributed by atoms with Gasteiger partial charge in [0.15, 0.2) is 0 Å². The summed E-state index contributed by atoms with van der Waals surface area (Å²) < 4.78 is 0. The van der Waals surface area contributed by atoms with E-state index in [-0.39, 0.29) is 0 Å². The van der Waals surface area contributed by atoms with E-state index in [9.17, 15) is 0 Å². The largest absolute Gasteiger partial charge is 0.314 e. The number of rotatable bonds is 8. The zero-order valence-corrected chi connectivity index (χ0v) is 10.8. The summed E-state index contributed by atoms with van der Waals surface area (Å²) in [5, 5.41) is 3.54. The van der Waals surface area contributed by atoms with Crippen molar-refractivity contribution < 1.29 is 0 Å². The standard InChI is InChI=1S/C13H28N2/c1-4-12(14-5-2)8-7-11-15(3)13-9-6-10-13/h12-14H,4-11H2,1-3H3. The van der Waals surface area contributed by atoms with Gasteiger partial charge in [-0.15, -0.1) is 0 Å². The van der Waals surface area contributed by atoms with E-state index < -0.39 is 0 Å². The Hall–Kier alpha value is -0.0800. The van der Waals surface area contributed by atoms with E-state index in [0.29, 0.717) is 0 Å². The molecule has 0 aromatic heterocycles. The second-order valence-electron chi connectivity index (χ2n) is 4.87. The van der Waals surface area contributed by atoms with Gasteiger partial charge in [0.25, 0.3) is 0 Å². The first-order valence-corrected chi connectivity index (χ1v) is 6.71. The van der Waals surface area contributed by atoms with Crippen LogP contribution in [0.2, 0.25) is 0 Å². The molecule has 90 valence electrons. The predicted octanol–water partition coefficient (Wildman–Crippen LogP) is 2.64. The lowest BCUT2D eigenvalue weighted by Gasteiger charge is -2.35. The summed E-state index contributed by atoms with van der Waals surface area (Å²) >= 11 is 0. The van der Waals surface area contributed by atoms with Gasteiger partial charge in [-0.3, -0.25) is 0 Å². The molecule has 0 aromatic rings. The minimum Gasteiger partial charge on any atom is -0.314 e. The maximum atomic E-state index is 3.54. The SMILES string of the molecule is CCNC(CC)CCCN(C)C1CCC1. The van der Waals surface area contributed by atoms with E-state index in [1.54, 1.807) is 0 Å². The Morgan fingerprint density at radius 1 is 1.33 bits per heavy atom. The smallest absolute Gasteiger partial charge is 0.00922 e. The first kappa shape index (κ1) is 13.0. The summed E-state index contributed by atoms with van der Waals surface area (Å²) in [6, 6.07) is 1.65. The molecule has 2 nitrogen and oxygen atoms in total. The van der Waals surface area contributed by atoms with Gasteiger partial charge in [-0.2, -0.15) is 0 Å². The fourth-order valence-electron chi connectivity index (χ4n) is 2.34. The average Bonchev–Trinajstić information content (AvgIpc) is 2.13. The minimum absolute atomic E-state index is 0.741. The Morgan fingerprint density at radius 3 is 2.53 bits per heavy atom. The van der Waals surface area contributed by atoms with Gasteiger partial charge >= 0.3 is 0 Å². The molecule has 2 heteroatoms. The molecular formula is C13H28N2. The maximum Gasteiger partial charge on any atom is 0.00922 e. The molecule has 0 radical (unpaired) electrons. The van der Waals surface area contributed by atoms with Crippen LogP contribution in [0.5, 0.6) is 0 Å². The van der Waals surface area contributed by atoms with Crippen LogP contribution in [-0.2, 0) is 0 Å². The Labute approximate surface area is 95.4 Å². The van der Waals surface area contributed by atoms with Crippen LogP contribution in [0.25, 0.3) is 0 Å². The average molecular weight is 212 g/mol. The fraction of sp³-hybridized carbons (Fsp3) is 1.00. The highest BCUT2D eigenvalue weighted by molar-refractivity contribution is 4.78. The van der Waals surface area contributed by atoms with E-state index in [4.69, 9.17) is 0 Å². The van der Waals surface area contributed by atoms with Crippen molar-refractivity contribution in [3.05, 3.63) is 0 Å². The van der Waals surface area contributed by atoms with E-state index in [1.165, 1.54) is 45.1 Å². The molecule has 1 saturated carbocycles. The van der Waals surface area contributed by atoms with Crippen LogP contribution in [0.3, 0.4) is 0 Å². The van der Waals surface area contributed by atoms with Crippen LogP contribution in [0.1, 0.15) is 52.4 Å². The lowest BCUT2D eigenvalue weighted by atomic mass is 9.91. The maximum absolute atomic E-state index is 3.54. The zero-order chi connectivity index (χ0) is 11.1. The lowest BCUT2D eigenvalue weighted by Crippen LogP contribution is -2.38. The van der Waals surface area contributed by atoms with Gasteiger partial charge in [0, 0.05) is 12.1 Å². The Kier molecular flexibility index (Phi) is 6.26. The fourth-order valence-corrected chi connectivity index (χ4v) is 2.34. The molecule has 15 heavy (non-hydrogen) atoms. The Morgan fingerprint density at radius 2 is 2.07 bits per heavy atom. The molecule has 0 aliphatic heterocycles. The zero-order valence-electron chi connectivity index (χ0n) is 10.8. The van der Waals surface area contributed by atoms with E-state index in [2.05, 4.69) is 31.1 Å². The lowest BCUT2D eigenvalue weighted by molar-refractivity contribution is 0.155. The van der Waals surface area contributed by atoms with Crippen LogP contribution in [0.15, 0.2) is 0 Å². The molecule has 1 unspecified atom stereocenters. The first-order chi connectivity index (χ1) is 7.27. The number of nitrogens with one attached hydrogen (secondary N) is 1. The summed E-state index contributed by atoms with van der Waals surface area (Å²) in [6.07, 6.45) is 8.26.